The monoisotopic (exact) mass is 290 g/mol. The number of halogens is 2. The van der Waals surface area contributed by atoms with Crippen LogP contribution in [-0.4, -0.2) is 12.9 Å². The second kappa shape index (κ2) is 5.64. The molecule has 0 aliphatic carbocycles. The van der Waals surface area contributed by atoms with Crippen molar-refractivity contribution in [3.8, 4) is 5.75 Å². The van der Waals surface area contributed by atoms with E-state index < -0.39 is 23.0 Å². The summed E-state index contributed by atoms with van der Waals surface area (Å²) in [7, 11) is 1.53. The van der Waals surface area contributed by atoms with E-state index in [0.29, 0.717) is 11.3 Å². The molecule has 0 bridgehead atoms. The smallest absolute Gasteiger partial charge is 0.199 e. The SMILES string of the molecule is COc1cc(C)c(C(=O)c2c(F)ccc(C)c2F)cc1C. The minimum atomic E-state index is -0.851. The van der Waals surface area contributed by atoms with Gasteiger partial charge in [-0.1, -0.05) is 6.07 Å². The van der Waals surface area contributed by atoms with E-state index in [9.17, 15) is 13.6 Å². The average molecular weight is 290 g/mol. The molecular weight excluding hydrogens is 274 g/mol. The molecule has 110 valence electrons. The average Bonchev–Trinajstić information content (AvgIpc) is 2.45. The molecule has 0 aliphatic rings. The number of methoxy groups -OCH3 is 1. The number of benzene rings is 2. The first-order valence-corrected chi connectivity index (χ1v) is 6.51. The van der Waals surface area contributed by atoms with Gasteiger partial charge in [0.1, 0.15) is 17.4 Å². The van der Waals surface area contributed by atoms with Gasteiger partial charge in [-0.05, 0) is 55.7 Å². The first-order chi connectivity index (χ1) is 9.86. The lowest BCUT2D eigenvalue weighted by Crippen LogP contribution is -2.11. The molecule has 0 aliphatic heterocycles. The van der Waals surface area contributed by atoms with Crippen LogP contribution < -0.4 is 4.74 Å². The fraction of sp³-hybridized carbons (Fsp3) is 0.235. The summed E-state index contributed by atoms with van der Waals surface area (Å²) in [6.45, 7) is 4.98. The number of aryl methyl sites for hydroxylation is 3. The van der Waals surface area contributed by atoms with Gasteiger partial charge in [0, 0.05) is 5.56 Å². The molecular formula is C17H16F2O2. The van der Waals surface area contributed by atoms with Crippen LogP contribution >= 0.6 is 0 Å². The highest BCUT2D eigenvalue weighted by Gasteiger charge is 2.22. The van der Waals surface area contributed by atoms with Gasteiger partial charge in [0.2, 0.25) is 0 Å². The first-order valence-electron chi connectivity index (χ1n) is 6.51. The van der Waals surface area contributed by atoms with Gasteiger partial charge in [-0.3, -0.25) is 4.79 Å². The normalized spacial score (nSPS) is 10.6. The fourth-order valence-electron chi connectivity index (χ4n) is 2.25. The molecule has 0 heterocycles. The molecule has 0 amide bonds. The van der Waals surface area contributed by atoms with Gasteiger partial charge in [-0.25, -0.2) is 8.78 Å². The molecule has 21 heavy (non-hydrogen) atoms. The first kappa shape index (κ1) is 15.2. The molecule has 0 fully saturated rings. The Morgan fingerprint density at radius 2 is 1.67 bits per heavy atom. The zero-order valence-electron chi connectivity index (χ0n) is 12.4. The molecule has 0 saturated heterocycles. The van der Waals surface area contributed by atoms with Crippen LogP contribution in [0.15, 0.2) is 24.3 Å². The second-order valence-corrected chi connectivity index (χ2v) is 5.02. The molecule has 2 aromatic carbocycles. The standard InChI is InChI=1S/C17H16F2O2/c1-9-5-6-13(18)15(16(9)19)17(20)12-7-11(3)14(21-4)8-10(12)2/h5-8H,1-4H3. The maximum atomic E-state index is 14.1. The fourth-order valence-corrected chi connectivity index (χ4v) is 2.25. The maximum absolute atomic E-state index is 14.1. The van der Waals surface area contributed by atoms with E-state index in [4.69, 9.17) is 4.74 Å². The van der Waals surface area contributed by atoms with E-state index in [1.54, 1.807) is 26.0 Å². The van der Waals surface area contributed by atoms with Gasteiger partial charge in [-0.15, -0.1) is 0 Å². The second-order valence-electron chi connectivity index (χ2n) is 5.02. The zero-order chi connectivity index (χ0) is 15.7. The molecule has 2 aromatic rings. The summed E-state index contributed by atoms with van der Waals surface area (Å²) >= 11 is 0. The Morgan fingerprint density at radius 1 is 1.00 bits per heavy atom. The summed E-state index contributed by atoms with van der Waals surface area (Å²) in [5.74, 6) is -1.69. The molecule has 0 aromatic heterocycles. The van der Waals surface area contributed by atoms with E-state index >= 15 is 0 Å². The number of ether oxygens (including phenoxy) is 1. The van der Waals surface area contributed by atoms with Gasteiger partial charge >= 0.3 is 0 Å². The van der Waals surface area contributed by atoms with Crippen molar-refractivity contribution in [2.75, 3.05) is 7.11 Å². The Morgan fingerprint density at radius 3 is 2.29 bits per heavy atom. The van der Waals surface area contributed by atoms with Gasteiger partial charge in [0.15, 0.2) is 5.78 Å². The van der Waals surface area contributed by atoms with Crippen LogP contribution in [0.1, 0.15) is 32.6 Å². The van der Waals surface area contributed by atoms with Crippen molar-refractivity contribution in [1.29, 1.82) is 0 Å². The number of carbonyl (C=O) groups excluding carboxylic acids is 1. The van der Waals surface area contributed by atoms with Crippen LogP contribution in [0.25, 0.3) is 0 Å². The van der Waals surface area contributed by atoms with Crippen molar-refractivity contribution in [1.82, 2.24) is 0 Å². The summed E-state index contributed by atoms with van der Waals surface area (Å²) in [6.07, 6.45) is 0. The minimum Gasteiger partial charge on any atom is -0.496 e. The molecule has 0 unspecified atom stereocenters. The molecule has 0 atom stereocenters. The Labute approximate surface area is 122 Å². The molecule has 0 spiro atoms. The van der Waals surface area contributed by atoms with Crippen LogP contribution in [0.3, 0.4) is 0 Å². The quantitative estimate of drug-likeness (QED) is 0.794. The van der Waals surface area contributed by atoms with Crippen LogP contribution in [-0.2, 0) is 0 Å². The molecule has 4 heteroatoms. The Balaban J connectivity index is 2.61. The largest absolute Gasteiger partial charge is 0.496 e. The molecule has 0 radical (unpaired) electrons. The van der Waals surface area contributed by atoms with E-state index in [1.807, 2.05) is 0 Å². The van der Waals surface area contributed by atoms with Crippen molar-refractivity contribution >= 4 is 5.78 Å². The van der Waals surface area contributed by atoms with Gasteiger partial charge in [0.25, 0.3) is 0 Å². The Bertz CT molecular complexity index is 721. The highest BCUT2D eigenvalue weighted by atomic mass is 19.1. The van der Waals surface area contributed by atoms with Crippen LogP contribution in [0.4, 0.5) is 8.78 Å². The summed E-state index contributed by atoms with van der Waals surface area (Å²) in [5.41, 5.74) is 1.35. The lowest BCUT2D eigenvalue weighted by atomic mass is 9.95. The Hall–Kier alpha value is -2.23. The predicted octanol–water partition coefficient (Wildman–Crippen LogP) is 4.13. The minimum absolute atomic E-state index is 0.239. The van der Waals surface area contributed by atoms with Crippen molar-refractivity contribution in [2.45, 2.75) is 20.8 Å². The number of rotatable bonds is 3. The van der Waals surface area contributed by atoms with Crippen molar-refractivity contribution < 1.29 is 18.3 Å². The van der Waals surface area contributed by atoms with Gasteiger partial charge in [-0.2, -0.15) is 0 Å². The number of hydrogen-bond acceptors (Lipinski definition) is 2. The number of carbonyl (C=O) groups is 1. The summed E-state index contributed by atoms with van der Waals surface area (Å²) in [4.78, 5) is 12.5. The van der Waals surface area contributed by atoms with E-state index in [1.165, 1.54) is 20.1 Å². The number of hydrogen-bond donors (Lipinski definition) is 0. The topological polar surface area (TPSA) is 26.3 Å². The van der Waals surface area contributed by atoms with Gasteiger partial charge in [0.05, 0.1) is 12.7 Å². The third-order valence-electron chi connectivity index (χ3n) is 3.50. The highest BCUT2D eigenvalue weighted by Crippen LogP contribution is 2.26. The summed E-state index contributed by atoms with van der Waals surface area (Å²) in [5, 5.41) is 0. The maximum Gasteiger partial charge on any atom is 0.199 e. The lowest BCUT2D eigenvalue weighted by Gasteiger charge is -2.12. The van der Waals surface area contributed by atoms with E-state index in [0.717, 1.165) is 11.6 Å². The van der Waals surface area contributed by atoms with E-state index in [-0.39, 0.29) is 11.1 Å². The van der Waals surface area contributed by atoms with Crippen molar-refractivity contribution in [3.63, 3.8) is 0 Å². The number of ketones is 1. The predicted molar refractivity (Wildman–Crippen MR) is 77.0 cm³/mol. The van der Waals surface area contributed by atoms with Crippen LogP contribution in [0.2, 0.25) is 0 Å². The zero-order valence-corrected chi connectivity index (χ0v) is 12.4. The third kappa shape index (κ3) is 2.66. The molecule has 2 nitrogen and oxygen atoms in total. The Kier molecular flexibility index (Phi) is 4.07. The summed E-state index contributed by atoms with van der Waals surface area (Å²) < 4.78 is 33.1. The van der Waals surface area contributed by atoms with Crippen molar-refractivity contribution in [3.05, 3.63) is 63.7 Å². The molecule has 0 saturated carbocycles. The third-order valence-corrected chi connectivity index (χ3v) is 3.50. The molecule has 2 rings (SSSR count). The summed E-state index contributed by atoms with van der Waals surface area (Å²) in [6, 6.07) is 5.71. The van der Waals surface area contributed by atoms with Gasteiger partial charge < -0.3 is 4.74 Å². The van der Waals surface area contributed by atoms with Crippen LogP contribution in [0, 0.1) is 32.4 Å². The highest BCUT2D eigenvalue weighted by molar-refractivity contribution is 6.10. The van der Waals surface area contributed by atoms with Crippen molar-refractivity contribution in [2.24, 2.45) is 0 Å². The lowest BCUT2D eigenvalue weighted by molar-refractivity contribution is 0.103. The van der Waals surface area contributed by atoms with E-state index in [2.05, 4.69) is 0 Å². The van der Waals surface area contributed by atoms with Crippen LogP contribution in [0.5, 0.6) is 5.75 Å². The molecule has 0 N–H and O–H groups in total.